The number of nitrogens with zero attached hydrogens (tertiary/aromatic N) is 4. The van der Waals surface area contributed by atoms with Crippen molar-refractivity contribution in [3.05, 3.63) is 23.8 Å². The van der Waals surface area contributed by atoms with Crippen molar-refractivity contribution in [2.24, 2.45) is 7.05 Å². The molecule has 1 aliphatic carbocycles. The van der Waals surface area contributed by atoms with E-state index < -0.39 is 0 Å². The van der Waals surface area contributed by atoms with Crippen LogP contribution in [0.2, 0.25) is 0 Å². The lowest BCUT2D eigenvalue weighted by Crippen LogP contribution is -2.27. The highest BCUT2D eigenvalue weighted by Crippen LogP contribution is 2.27. The minimum atomic E-state index is 0.0378. The lowest BCUT2D eigenvalue weighted by Gasteiger charge is -2.02. The number of aromatic nitrogens is 4. The van der Waals surface area contributed by atoms with Gasteiger partial charge in [-0.15, -0.1) is 10.2 Å². The summed E-state index contributed by atoms with van der Waals surface area (Å²) >= 11 is 1.33. The van der Waals surface area contributed by atoms with Crippen molar-refractivity contribution in [2.45, 2.75) is 37.4 Å². The van der Waals surface area contributed by atoms with Crippen LogP contribution in [0.5, 0.6) is 0 Å². The average Bonchev–Trinajstić information content (AvgIpc) is 3.38. The molecule has 124 valence electrons. The minimum absolute atomic E-state index is 0.0378. The second kappa shape index (κ2) is 6.05. The van der Waals surface area contributed by atoms with Crippen molar-refractivity contribution < 1.29 is 4.79 Å². The third kappa shape index (κ3) is 2.84. The molecular formula is C17H19N5OS. The second-order valence-corrected chi connectivity index (χ2v) is 7.10. The molecule has 1 fully saturated rings. The fraction of sp³-hybridized carbons (Fsp3) is 0.412. The predicted molar refractivity (Wildman–Crippen MR) is 95.1 cm³/mol. The van der Waals surface area contributed by atoms with E-state index in [-0.39, 0.29) is 5.91 Å². The van der Waals surface area contributed by atoms with E-state index >= 15 is 0 Å². The van der Waals surface area contributed by atoms with E-state index in [9.17, 15) is 4.79 Å². The Morgan fingerprint density at radius 3 is 2.96 bits per heavy atom. The largest absolute Gasteiger partial charge is 0.353 e. The molecule has 0 bridgehead atoms. The van der Waals surface area contributed by atoms with Crippen molar-refractivity contribution in [1.82, 2.24) is 25.1 Å². The van der Waals surface area contributed by atoms with E-state index in [4.69, 9.17) is 0 Å². The van der Waals surface area contributed by atoms with Crippen LogP contribution in [-0.4, -0.2) is 37.5 Å². The molecule has 1 aliphatic rings. The van der Waals surface area contributed by atoms with E-state index in [0.717, 1.165) is 41.3 Å². The van der Waals surface area contributed by atoms with Gasteiger partial charge < -0.3 is 9.88 Å². The fourth-order valence-electron chi connectivity index (χ4n) is 2.80. The zero-order valence-electron chi connectivity index (χ0n) is 13.7. The Morgan fingerprint density at radius 2 is 2.21 bits per heavy atom. The Morgan fingerprint density at radius 1 is 1.38 bits per heavy atom. The highest BCUT2D eigenvalue weighted by Gasteiger charge is 2.23. The number of fused-ring (bicyclic) bond motifs is 3. The molecule has 1 N–H and O–H groups in total. The normalized spacial score (nSPS) is 14.4. The van der Waals surface area contributed by atoms with Gasteiger partial charge in [-0.3, -0.25) is 4.79 Å². The van der Waals surface area contributed by atoms with E-state index in [1.54, 1.807) is 0 Å². The van der Waals surface area contributed by atoms with Gasteiger partial charge in [0.15, 0.2) is 5.65 Å². The molecular weight excluding hydrogens is 322 g/mol. The standard InChI is InChI=1S/C17H19N5OS/c1-3-10-4-7-13-12(8-10)15-16(22(13)2)19-17(21-20-15)24-9-14(23)18-11-5-6-11/h4,7-8,11H,3,5-6,9H2,1-2H3,(H,18,23). The maximum Gasteiger partial charge on any atom is 0.230 e. The van der Waals surface area contributed by atoms with Crippen LogP contribution in [0.15, 0.2) is 23.4 Å². The Hall–Kier alpha value is -2.15. The number of hydrogen-bond acceptors (Lipinski definition) is 5. The molecule has 0 radical (unpaired) electrons. The molecule has 24 heavy (non-hydrogen) atoms. The fourth-order valence-corrected chi connectivity index (χ4v) is 3.39. The van der Waals surface area contributed by atoms with E-state index in [2.05, 4.69) is 45.6 Å². The molecule has 0 unspecified atom stereocenters. The summed E-state index contributed by atoms with van der Waals surface area (Å²) in [6.07, 6.45) is 3.17. The van der Waals surface area contributed by atoms with Crippen molar-refractivity contribution in [3.63, 3.8) is 0 Å². The van der Waals surface area contributed by atoms with Gasteiger partial charge in [-0.1, -0.05) is 24.8 Å². The van der Waals surface area contributed by atoms with Gasteiger partial charge in [0.1, 0.15) is 5.52 Å². The van der Waals surface area contributed by atoms with Crippen LogP contribution in [-0.2, 0) is 18.3 Å². The summed E-state index contributed by atoms with van der Waals surface area (Å²) in [6.45, 7) is 2.14. The van der Waals surface area contributed by atoms with E-state index in [0.29, 0.717) is 17.0 Å². The lowest BCUT2D eigenvalue weighted by molar-refractivity contribution is -0.118. The van der Waals surface area contributed by atoms with Crippen LogP contribution in [0, 0.1) is 0 Å². The molecule has 1 aromatic carbocycles. The smallest absolute Gasteiger partial charge is 0.230 e. The SMILES string of the molecule is CCc1ccc2c(c1)c1nnc(SCC(=O)NC3CC3)nc1n2C. The van der Waals surface area contributed by atoms with Gasteiger partial charge in [0.05, 0.1) is 11.3 Å². The molecule has 1 amide bonds. The predicted octanol–water partition coefficient (Wildman–Crippen LogP) is 2.45. The summed E-state index contributed by atoms with van der Waals surface area (Å²) in [5, 5.41) is 13.2. The van der Waals surface area contributed by atoms with Gasteiger partial charge in [-0.25, -0.2) is 4.98 Å². The first-order valence-electron chi connectivity index (χ1n) is 8.19. The van der Waals surface area contributed by atoms with Gasteiger partial charge in [0.25, 0.3) is 0 Å². The summed E-state index contributed by atoms with van der Waals surface area (Å²) in [5.74, 6) is 0.365. The first-order valence-corrected chi connectivity index (χ1v) is 9.18. The van der Waals surface area contributed by atoms with Gasteiger partial charge in [0.2, 0.25) is 11.1 Å². The molecule has 4 rings (SSSR count). The number of aryl methyl sites for hydroxylation is 2. The first-order chi connectivity index (χ1) is 11.7. The molecule has 1 saturated carbocycles. The van der Waals surface area contributed by atoms with Crippen LogP contribution in [0.4, 0.5) is 0 Å². The number of nitrogens with one attached hydrogen (secondary N) is 1. The Balaban J connectivity index is 1.63. The zero-order chi connectivity index (χ0) is 16.7. The molecule has 7 heteroatoms. The molecule has 2 aromatic heterocycles. The summed E-state index contributed by atoms with van der Waals surface area (Å²) in [6, 6.07) is 6.77. The van der Waals surface area contributed by atoms with Crippen LogP contribution < -0.4 is 5.32 Å². The number of hydrogen-bond donors (Lipinski definition) is 1. The molecule has 6 nitrogen and oxygen atoms in total. The van der Waals surface area contributed by atoms with Crippen LogP contribution in [0.1, 0.15) is 25.3 Å². The Labute approximate surface area is 144 Å². The van der Waals surface area contributed by atoms with E-state index in [1.807, 2.05) is 11.6 Å². The molecule has 3 aromatic rings. The van der Waals surface area contributed by atoms with Crippen molar-refractivity contribution >= 4 is 39.7 Å². The molecule has 0 aliphatic heterocycles. The van der Waals surface area contributed by atoms with Crippen LogP contribution in [0.25, 0.3) is 22.1 Å². The number of carbonyl (C=O) groups is 1. The third-order valence-corrected chi connectivity index (χ3v) is 5.16. The summed E-state index contributed by atoms with van der Waals surface area (Å²) < 4.78 is 2.03. The third-order valence-electron chi connectivity index (χ3n) is 4.33. The topological polar surface area (TPSA) is 72.7 Å². The molecule has 0 atom stereocenters. The number of carbonyl (C=O) groups excluding carboxylic acids is 1. The zero-order valence-corrected chi connectivity index (χ0v) is 14.6. The van der Waals surface area contributed by atoms with Gasteiger partial charge >= 0.3 is 0 Å². The molecule has 2 heterocycles. The quantitative estimate of drug-likeness (QED) is 0.722. The van der Waals surface area contributed by atoms with Gasteiger partial charge in [-0.05, 0) is 37.0 Å². The monoisotopic (exact) mass is 341 g/mol. The minimum Gasteiger partial charge on any atom is -0.353 e. The number of benzene rings is 1. The number of amides is 1. The Bertz CT molecular complexity index is 932. The lowest BCUT2D eigenvalue weighted by atomic mass is 10.1. The highest BCUT2D eigenvalue weighted by atomic mass is 32.2. The maximum absolute atomic E-state index is 11.8. The Kier molecular flexibility index (Phi) is 3.88. The van der Waals surface area contributed by atoms with Crippen LogP contribution in [0.3, 0.4) is 0 Å². The van der Waals surface area contributed by atoms with Crippen molar-refractivity contribution in [2.75, 3.05) is 5.75 Å². The first kappa shape index (κ1) is 15.4. The maximum atomic E-state index is 11.8. The van der Waals surface area contributed by atoms with Gasteiger partial charge in [-0.2, -0.15) is 0 Å². The second-order valence-electron chi connectivity index (χ2n) is 6.16. The summed E-state index contributed by atoms with van der Waals surface area (Å²) in [7, 11) is 1.99. The number of rotatable bonds is 5. The van der Waals surface area contributed by atoms with Gasteiger partial charge in [0, 0.05) is 18.5 Å². The van der Waals surface area contributed by atoms with E-state index in [1.165, 1.54) is 17.3 Å². The highest BCUT2D eigenvalue weighted by molar-refractivity contribution is 7.99. The molecule has 0 spiro atoms. The average molecular weight is 341 g/mol. The molecule has 0 saturated heterocycles. The number of thioether (sulfide) groups is 1. The van der Waals surface area contributed by atoms with Crippen molar-refractivity contribution in [3.8, 4) is 0 Å². The summed E-state index contributed by atoms with van der Waals surface area (Å²) in [5.41, 5.74) is 3.98. The summed E-state index contributed by atoms with van der Waals surface area (Å²) in [4.78, 5) is 16.4. The van der Waals surface area contributed by atoms with Crippen LogP contribution >= 0.6 is 11.8 Å². The van der Waals surface area contributed by atoms with Crippen molar-refractivity contribution in [1.29, 1.82) is 0 Å².